The smallest absolute Gasteiger partial charge is 0.248 e. The minimum Gasteiger partial charge on any atom is -0.248 e. The van der Waals surface area contributed by atoms with Crippen molar-refractivity contribution < 1.29 is 0 Å². The van der Waals surface area contributed by atoms with Crippen molar-refractivity contribution in [3.05, 3.63) is 31.5 Å². The van der Waals surface area contributed by atoms with E-state index < -0.39 is 17.1 Å². The standard InChI is InChI=1S/C10H17N3O3/c1-5-7(2)6-13-9(15)11(3)8(14)12(4)10(13)16/h7H,5-6H2,1-4H3. The highest BCUT2D eigenvalue weighted by Gasteiger charge is 2.12. The van der Waals surface area contributed by atoms with Gasteiger partial charge in [0.25, 0.3) is 0 Å². The van der Waals surface area contributed by atoms with Crippen LogP contribution in [0.3, 0.4) is 0 Å². The lowest BCUT2D eigenvalue weighted by atomic mass is 10.1. The molecule has 1 aromatic rings. The molecular formula is C10H17N3O3. The van der Waals surface area contributed by atoms with Crippen LogP contribution in [0.15, 0.2) is 14.4 Å². The minimum atomic E-state index is -0.588. The van der Waals surface area contributed by atoms with E-state index in [1.165, 1.54) is 14.1 Å². The lowest BCUT2D eigenvalue weighted by molar-refractivity contribution is 0.410. The van der Waals surface area contributed by atoms with Gasteiger partial charge in [0.05, 0.1) is 0 Å². The molecule has 6 nitrogen and oxygen atoms in total. The van der Waals surface area contributed by atoms with Gasteiger partial charge in [-0.05, 0) is 5.92 Å². The molecule has 1 heterocycles. The zero-order chi connectivity index (χ0) is 12.5. The van der Waals surface area contributed by atoms with Gasteiger partial charge in [-0.3, -0.25) is 0 Å². The molecule has 0 fully saturated rings. The van der Waals surface area contributed by atoms with E-state index in [-0.39, 0.29) is 5.92 Å². The predicted octanol–water partition coefficient (Wildman–Crippen LogP) is -0.708. The first-order valence-electron chi connectivity index (χ1n) is 5.27. The number of rotatable bonds is 3. The summed E-state index contributed by atoms with van der Waals surface area (Å²) in [4.78, 5) is 34.9. The van der Waals surface area contributed by atoms with Crippen LogP contribution in [-0.2, 0) is 20.6 Å². The van der Waals surface area contributed by atoms with Crippen LogP contribution in [0.4, 0.5) is 0 Å². The van der Waals surface area contributed by atoms with E-state index in [0.29, 0.717) is 6.54 Å². The third-order valence-electron chi connectivity index (χ3n) is 2.80. The van der Waals surface area contributed by atoms with E-state index in [2.05, 4.69) is 0 Å². The van der Waals surface area contributed by atoms with E-state index in [4.69, 9.17) is 0 Å². The second-order valence-corrected chi connectivity index (χ2v) is 4.09. The van der Waals surface area contributed by atoms with Crippen molar-refractivity contribution in [2.45, 2.75) is 26.8 Å². The summed E-state index contributed by atoms with van der Waals surface area (Å²) >= 11 is 0. The van der Waals surface area contributed by atoms with Gasteiger partial charge in [0.1, 0.15) is 0 Å². The summed E-state index contributed by atoms with van der Waals surface area (Å²) in [5.41, 5.74) is -1.68. The average Bonchev–Trinajstić information content (AvgIpc) is 2.29. The van der Waals surface area contributed by atoms with Gasteiger partial charge in [-0.15, -0.1) is 0 Å². The fourth-order valence-corrected chi connectivity index (χ4v) is 1.43. The molecule has 0 aliphatic rings. The largest absolute Gasteiger partial charge is 0.336 e. The van der Waals surface area contributed by atoms with Crippen LogP contribution in [-0.4, -0.2) is 13.7 Å². The fraction of sp³-hybridized carbons (Fsp3) is 0.700. The van der Waals surface area contributed by atoms with Gasteiger partial charge in [0, 0.05) is 20.6 Å². The topological polar surface area (TPSA) is 66.0 Å². The highest BCUT2D eigenvalue weighted by atomic mass is 16.2. The zero-order valence-corrected chi connectivity index (χ0v) is 10.1. The third-order valence-corrected chi connectivity index (χ3v) is 2.80. The van der Waals surface area contributed by atoms with E-state index >= 15 is 0 Å². The molecule has 0 spiro atoms. The van der Waals surface area contributed by atoms with Gasteiger partial charge >= 0.3 is 17.1 Å². The lowest BCUT2D eigenvalue weighted by Crippen LogP contribution is -2.53. The number of hydrogen-bond donors (Lipinski definition) is 0. The molecular weight excluding hydrogens is 210 g/mol. The summed E-state index contributed by atoms with van der Waals surface area (Å²) < 4.78 is 3.00. The zero-order valence-electron chi connectivity index (χ0n) is 10.1. The minimum absolute atomic E-state index is 0.225. The van der Waals surface area contributed by atoms with E-state index in [0.717, 1.165) is 20.1 Å². The normalized spacial score (nSPS) is 12.8. The molecule has 16 heavy (non-hydrogen) atoms. The molecule has 0 bridgehead atoms. The Morgan fingerprint density at radius 1 is 1.00 bits per heavy atom. The van der Waals surface area contributed by atoms with Crippen molar-refractivity contribution in [1.29, 1.82) is 0 Å². The first-order valence-corrected chi connectivity index (χ1v) is 5.27. The Morgan fingerprint density at radius 3 is 1.81 bits per heavy atom. The summed E-state index contributed by atoms with van der Waals surface area (Å²) in [7, 11) is 2.74. The number of hydrogen-bond acceptors (Lipinski definition) is 3. The van der Waals surface area contributed by atoms with Crippen LogP contribution in [0, 0.1) is 5.92 Å². The van der Waals surface area contributed by atoms with Crippen LogP contribution in [0.5, 0.6) is 0 Å². The first kappa shape index (κ1) is 12.5. The third kappa shape index (κ3) is 2.00. The maximum atomic E-state index is 11.7. The van der Waals surface area contributed by atoms with Crippen molar-refractivity contribution >= 4 is 0 Å². The number of aromatic nitrogens is 3. The average molecular weight is 227 g/mol. The molecule has 1 aromatic heterocycles. The van der Waals surface area contributed by atoms with Gasteiger partial charge < -0.3 is 0 Å². The maximum absolute atomic E-state index is 11.7. The Morgan fingerprint density at radius 2 is 1.44 bits per heavy atom. The van der Waals surface area contributed by atoms with Gasteiger partial charge in [-0.2, -0.15) is 0 Å². The van der Waals surface area contributed by atoms with Crippen molar-refractivity contribution in [2.75, 3.05) is 0 Å². The molecule has 1 unspecified atom stereocenters. The number of nitrogens with zero attached hydrogens (tertiary/aromatic N) is 3. The molecule has 1 rings (SSSR count). The summed E-state index contributed by atoms with van der Waals surface area (Å²) in [5, 5.41) is 0. The molecule has 90 valence electrons. The second kappa shape index (κ2) is 4.51. The van der Waals surface area contributed by atoms with Crippen molar-refractivity contribution in [2.24, 2.45) is 20.0 Å². The summed E-state index contributed by atoms with van der Waals surface area (Å²) in [6, 6.07) is 0. The molecule has 1 atom stereocenters. The van der Waals surface area contributed by atoms with Crippen molar-refractivity contribution in [3.8, 4) is 0 Å². The van der Waals surface area contributed by atoms with Crippen LogP contribution in [0.2, 0.25) is 0 Å². The Labute approximate surface area is 92.8 Å². The molecule has 0 aliphatic heterocycles. The van der Waals surface area contributed by atoms with Crippen molar-refractivity contribution in [1.82, 2.24) is 13.7 Å². The van der Waals surface area contributed by atoms with Gasteiger partial charge in [0.15, 0.2) is 0 Å². The van der Waals surface area contributed by atoms with E-state index in [9.17, 15) is 14.4 Å². The Kier molecular flexibility index (Phi) is 3.51. The van der Waals surface area contributed by atoms with Gasteiger partial charge in [-0.1, -0.05) is 20.3 Å². The Balaban J connectivity index is 3.47. The van der Waals surface area contributed by atoms with Crippen LogP contribution >= 0.6 is 0 Å². The monoisotopic (exact) mass is 227 g/mol. The highest BCUT2D eigenvalue weighted by Crippen LogP contribution is 2.00. The quantitative estimate of drug-likeness (QED) is 0.685. The van der Waals surface area contributed by atoms with E-state index in [1.807, 2.05) is 13.8 Å². The summed E-state index contributed by atoms with van der Waals surface area (Å²) in [6.45, 7) is 4.29. The molecule has 0 N–H and O–H groups in total. The molecule has 0 saturated heterocycles. The van der Waals surface area contributed by atoms with E-state index in [1.54, 1.807) is 0 Å². The predicted molar refractivity (Wildman–Crippen MR) is 60.6 cm³/mol. The fourth-order valence-electron chi connectivity index (χ4n) is 1.43. The SMILES string of the molecule is CCC(C)Cn1c(=O)n(C)c(=O)n(C)c1=O. The van der Waals surface area contributed by atoms with Gasteiger partial charge in [-0.25, -0.2) is 28.1 Å². The van der Waals surface area contributed by atoms with Crippen LogP contribution < -0.4 is 17.1 Å². The molecule has 0 aliphatic carbocycles. The maximum Gasteiger partial charge on any atom is 0.336 e. The summed E-state index contributed by atoms with van der Waals surface area (Å²) in [6.07, 6.45) is 0.873. The van der Waals surface area contributed by atoms with Crippen LogP contribution in [0.1, 0.15) is 20.3 Å². The highest BCUT2D eigenvalue weighted by molar-refractivity contribution is 4.76. The Hall–Kier alpha value is -1.59. The molecule has 0 amide bonds. The first-order chi connectivity index (χ1) is 7.40. The van der Waals surface area contributed by atoms with Crippen molar-refractivity contribution in [3.63, 3.8) is 0 Å². The second-order valence-electron chi connectivity index (χ2n) is 4.09. The Bertz CT molecular complexity index is 510. The molecule has 0 radical (unpaired) electrons. The van der Waals surface area contributed by atoms with Crippen LogP contribution in [0.25, 0.3) is 0 Å². The lowest BCUT2D eigenvalue weighted by Gasteiger charge is -2.12. The molecule has 0 saturated carbocycles. The molecule has 0 aromatic carbocycles. The van der Waals surface area contributed by atoms with Gasteiger partial charge in [0.2, 0.25) is 0 Å². The molecule has 6 heteroatoms. The summed E-state index contributed by atoms with van der Waals surface area (Å²) in [5.74, 6) is 0.225.